The highest BCUT2D eigenvalue weighted by Crippen LogP contribution is 2.15. The number of rotatable bonds is 5. The van der Waals surface area contributed by atoms with Crippen molar-refractivity contribution in [2.45, 2.75) is 12.8 Å². The Balaban J connectivity index is 1.62. The van der Waals surface area contributed by atoms with Crippen LogP contribution in [0.5, 0.6) is 0 Å². The predicted molar refractivity (Wildman–Crippen MR) is 78.8 cm³/mol. The molecule has 1 aromatic carbocycles. The number of carbonyl (C=O) groups excluding carboxylic acids is 1. The fraction of sp³-hybridized carbons (Fsp3) is 0.200. The summed E-state index contributed by atoms with van der Waals surface area (Å²) in [6, 6.07) is 9.63. The molecule has 106 valence electrons. The molecule has 3 rings (SSSR count). The van der Waals surface area contributed by atoms with Crippen molar-refractivity contribution in [1.82, 2.24) is 25.5 Å². The molecule has 0 radical (unpaired) electrons. The molecule has 0 aliphatic heterocycles. The molecule has 0 fully saturated rings. The lowest BCUT2D eigenvalue weighted by atomic mass is 10.1. The van der Waals surface area contributed by atoms with Crippen LogP contribution in [0.4, 0.5) is 0 Å². The van der Waals surface area contributed by atoms with Crippen molar-refractivity contribution < 1.29 is 4.79 Å². The third-order valence-electron chi connectivity index (χ3n) is 3.23. The fourth-order valence-electron chi connectivity index (χ4n) is 2.19. The van der Waals surface area contributed by atoms with E-state index in [0.717, 1.165) is 29.4 Å². The zero-order valence-corrected chi connectivity index (χ0v) is 11.4. The largest absolute Gasteiger partial charge is 0.351 e. The minimum absolute atomic E-state index is 0.149. The molecular formula is C15H15N5O. The summed E-state index contributed by atoms with van der Waals surface area (Å²) in [7, 11) is 0. The Morgan fingerprint density at radius 1 is 1.19 bits per heavy atom. The maximum Gasteiger partial charge on any atom is 0.270 e. The number of hydrogen-bond acceptors (Lipinski definition) is 4. The van der Waals surface area contributed by atoms with E-state index in [2.05, 4.69) is 25.5 Å². The topological polar surface area (TPSA) is 83.6 Å². The van der Waals surface area contributed by atoms with Crippen LogP contribution in [0.3, 0.4) is 0 Å². The molecule has 0 saturated heterocycles. The molecule has 1 amide bonds. The number of aromatic amines is 1. The maximum atomic E-state index is 12.2. The highest BCUT2D eigenvalue weighted by atomic mass is 16.1. The van der Waals surface area contributed by atoms with E-state index in [1.807, 2.05) is 30.3 Å². The third kappa shape index (κ3) is 3.05. The van der Waals surface area contributed by atoms with Crippen molar-refractivity contribution >= 4 is 16.7 Å². The van der Waals surface area contributed by atoms with Crippen molar-refractivity contribution in [1.29, 1.82) is 0 Å². The zero-order chi connectivity index (χ0) is 14.5. The lowest BCUT2D eigenvalue weighted by Gasteiger charge is -2.06. The summed E-state index contributed by atoms with van der Waals surface area (Å²) >= 11 is 0. The molecule has 0 spiro atoms. The second kappa shape index (κ2) is 6.13. The number of hydrogen-bond donors (Lipinski definition) is 2. The number of nitrogens with one attached hydrogen (secondary N) is 2. The number of amides is 1. The molecule has 6 nitrogen and oxygen atoms in total. The Kier molecular flexibility index (Phi) is 3.86. The van der Waals surface area contributed by atoms with Crippen LogP contribution >= 0.6 is 0 Å². The zero-order valence-electron chi connectivity index (χ0n) is 11.4. The normalized spacial score (nSPS) is 10.7. The van der Waals surface area contributed by atoms with Crippen LogP contribution in [0.2, 0.25) is 0 Å². The van der Waals surface area contributed by atoms with Crippen molar-refractivity contribution in [3.05, 3.63) is 54.4 Å². The predicted octanol–water partition coefficient (Wildman–Crippen LogP) is 1.72. The molecule has 21 heavy (non-hydrogen) atoms. The van der Waals surface area contributed by atoms with Gasteiger partial charge in [-0.3, -0.25) is 14.9 Å². The highest BCUT2D eigenvalue weighted by Gasteiger charge is 2.10. The lowest BCUT2D eigenvalue weighted by molar-refractivity contribution is 0.0950. The van der Waals surface area contributed by atoms with E-state index >= 15 is 0 Å². The first-order chi connectivity index (χ1) is 10.3. The van der Waals surface area contributed by atoms with E-state index in [-0.39, 0.29) is 5.91 Å². The molecule has 0 bridgehead atoms. The van der Waals surface area contributed by atoms with Gasteiger partial charge in [0.15, 0.2) is 0 Å². The van der Waals surface area contributed by atoms with Crippen LogP contribution in [0.15, 0.2) is 42.9 Å². The molecule has 0 aliphatic rings. The number of benzene rings is 1. The Hall–Kier alpha value is -2.76. The number of aromatic nitrogens is 4. The summed E-state index contributed by atoms with van der Waals surface area (Å²) in [5.41, 5.74) is 0.466. The van der Waals surface area contributed by atoms with Crippen molar-refractivity contribution in [2.24, 2.45) is 0 Å². The van der Waals surface area contributed by atoms with Crippen LogP contribution in [-0.4, -0.2) is 32.6 Å². The summed E-state index contributed by atoms with van der Waals surface area (Å²) in [5.74, 6) is 0.678. The van der Waals surface area contributed by atoms with Crippen LogP contribution < -0.4 is 5.32 Å². The number of aryl methyl sites for hydroxylation is 1. The van der Waals surface area contributed by atoms with Crippen LogP contribution in [0, 0.1) is 0 Å². The van der Waals surface area contributed by atoms with Gasteiger partial charge in [0.2, 0.25) is 0 Å². The molecule has 0 atom stereocenters. The van der Waals surface area contributed by atoms with E-state index in [1.165, 1.54) is 6.33 Å². The number of H-pyrrole nitrogens is 1. The minimum Gasteiger partial charge on any atom is -0.351 e. The van der Waals surface area contributed by atoms with Gasteiger partial charge in [0, 0.05) is 24.5 Å². The molecule has 0 saturated carbocycles. The van der Waals surface area contributed by atoms with Gasteiger partial charge in [0.05, 0.1) is 0 Å². The van der Waals surface area contributed by atoms with Gasteiger partial charge >= 0.3 is 0 Å². The van der Waals surface area contributed by atoms with Gasteiger partial charge < -0.3 is 5.32 Å². The first-order valence-corrected chi connectivity index (χ1v) is 6.81. The average Bonchev–Trinajstić information content (AvgIpc) is 3.04. The van der Waals surface area contributed by atoms with E-state index in [1.54, 1.807) is 6.20 Å². The Morgan fingerprint density at radius 3 is 2.95 bits per heavy atom. The van der Waals surface area contributed by atoms with E-state index < -0.39 is 0 Å². The summed E-state index contributed by atoms with van der Waals surface area (Å²) in [6.07, 6.45) is 4.69. The van der Waals surface area contributed by atoms with Crippen LogP contribution in [-0.2, 0) is 6.42 Å². The first-order valence-electron chi connectivity index (χ1n) is 6.81. The van der Waals surface area contributed by atoms with Crippen molar-refractivity contribution in [3.8, 4) is 0 Å². The third-order valence-corrected chi connectivity index (χ3v) is 3.23. The quantitative estimate of drug-likeness (QED) is 0.697. The molecule has 2 heterocycles. The number of pyridine rings is 1. The molecule has 6 heteroatoms. The SMILES string of the molecule is O=C(NCCCc1ncn[nH]1)c1nccc2ccccc12. The summed E-state index contributed by atoms with van der Waals surface area (Å²) in [5, 5.41) is 11.4. The second-order valence-corrected chi connectivity index (χ2v) is 4.67. The molecule has 2 N–H and O–H groups in total. The summed E-state index contributed by atoms with van der Waals surface area (Å²) in [6.45, 7) is 0.574. The maximum absolute atomic E-state index is 12.2. The van der Waals surface area contributed by atoms with Gasteiger partial charge in [-0.25, -0.2) is 4.98 Å². The molecule has 3 aromatic rings. The Labute approximate surface area is 121 Å². The highest BCUT2D eigenvalue weighted by molar-refractivity contribution is 6.05. The Morgan fingerprint density at radius 2 is 2.10 bits per heavy atom. The van der Waals surface area contributed by atoms with Gasteiger partial charge in [-0.05, 0) is 17.9 Å². The van der Waals surface area contributed by atoms with Crippen molar-refractivity contribution in [2.75, 3.05) is 6.54 Å². The van der Waals surface area contributed by atoms with Crippen LogP contribution in [0.25, 0.3) is 10.8 Å². The standard InChI is InChI=1S/C15H15N5O/c21-15(17-8-3-6-13-18-10-19-20-13)14-12-5-2-1-4-11(12)7-9-16-14/h1-2,4-5,7,9-10H,3,6,8H2,(H,17,21)(H,18,19,20). The van der Waals surface area contributed by atoms with E-state index in [0.29, 0.717) is 12.2 Å². The van der Waals surface area contributed by atoms with Gasteiger partial charge in [0.1, 0.15) is 17.8 Å². The van der Waals surface area contributed by atoms with Gasteiger partial charge in [-0.2, -0.15) is 5.10 Å². The second-order valence-electron chi connectivity index (χ2n) is 4.67. The minimum atomic E-state index is -0.149. The van der Waals surface area contributed by atoms with Gasteiger partial charge in [0.25, 0.3) is 5.91 Å². The summed E-state index contributed by atoms with van der Waals surface area (Å²) in [4.78, 5) is 20.4. The smallest absolute Gasteiger partial charge is 0.270 e. The summed E-state index contributed by atoms with van der Waals surface area (Å²) < 4.78 is 0. The average molecular weight is 281 g/mol. The van der Waals surface area contributed by atoms with E-state index in [4.69, 9.17) is 0 Å². The lowest BCUT2D eigenvalue weighted by Crippen LogP contribution is -2.26. The number of nitrogens with zero attached hydrogens (tertiary/aromatic N) is 3. The number of fused-ring (bicyclic) bond motifs is 1. The number of carbonyl (C=O) groups is 1. The monoisotopic (exact) mass is 281 g/mol. The van der Waals surface area contributed by atoms with Crippen molar-refractivity contribution in [3.63, 3.8) is 0 Å². The van der Waals surface area contributed by atoms with Gasteiger partial charge in [-0.1, -0.05) is 24.3 Å². The van der Waals surface area contributed by atoms with Gasteiger partial charge in [-0.15, -0.1) is 0 Å². The molecule has 0 aliphatic carbocycles. The molecule has 2 aromatic heterocycles. The van der Waals surface area contributed by atoms with Crippen LogP contribution in [0.1, 0.15) is 22.7 Å². The first kappa shape index (κ1) is 13.2. The fourth-order valence-corrected chi connectivity index (χ4v) is 2.19. The molecule has 0 unspecified atom stereocenters. The Bertz CT molecular complexity index is 733. The molecular weight excluding hydrogens is 266 g/mol. The van der Waals surface area contributed by atoms with E-state index in [9.17, 15) is 4.79 Å².